The number of ether oxygens (including phenoxy) is 2. The van der Waals surface area contributed by atoms with Crippen molar-refractivity contribution in [3.8, 4) is 0 Å². The fourth-order valence-electron chi connectivity index (χ4n) is 3.59. The summed E-state index contributed by atoms with van der Waals surface area (Å²) in [6, 6.07) is 3.85. The Labute approximate surface area is 173 Å². The van der Waals surface area contributed by atoms with E-state index in [0.717, 1.165) is 31.4 Å². The van der Waals surface area contributed by atoms with E-state index in [1.807, 2.05) is 12.1 Å². The van der Waals surface area contributed by atoms with Crippen LogP contribution in [-0.4, -0.2) is 73.6 Å². The number of carboxylic acids is 1. The lowest BCUT2D eigenvalue weighted by Crippen LogP contribution is -2.57. The normalized spacial score (nSPS) is 25.0. The molecule has 0 amide bonds. The van der Waals surface area contributed by atoms with Crippen LogP contribution in [-0.2, 0) is 30.9 Å². The van der Waals surface area contributed by atoms with Gasteiger partial charge in [-0.25, -0.2) is 17.5 Å². The van der Waals surface area contributed by atoms with Crippen LogP contribution in [0.5, 0.6) is 0 Å². The average molecular weight is 454 g/mol. The second-order valence-electron chi connectivity index (χ2n) is 7.36. The highest BCUT2D eigenvalue weighted by Crippen LogP contribution is 2.41. The summed E-state index contributed by atoms with van der Waals surface area (Å²) in [6.07, 6.45) is 2.41. The zero-order valence-corrected chi connectivity index (χ0v) is 17.3. The molecule has 3 heterocycles. The molecule has 2 saturated heterocycles. The van der Waals surface area contributed by atoms with Gasteiger partial charge >= 0.3 is 12.1 Å². The summed E-state index contributed by atoms with van der Waals surface area (Å²) in [7, 11) is -3.18. The van der Waals surface area contributed by atoms with E-state index >= 15 is 0 Å². The molecule has 0 aromatic carbocycles. The molecule has 0 radical (unpaired) electrons. The number of aliphatic carboxylic acids is 1. The van der Waals surface area contributed by atoms with Crippen LogP contribution in [0.3, 0.4) is 0 Å². The Balaban J connectivity index is 0.000000396. The van der Waals surface area contributed by atoms with Crippen molar-refractivity contribution < 1.29 is 41.0 Å². The molecule has 0 saturated carbocycles. The summed E-state index contributed by atoms with van der Waals surface area (Å²) in [4.78, 5) is 12.9. The monoisotopic (exact) mass is 454 g/mol. The number of sulfonamides is 1. The first-order valence-electron chi connectivity index (χ1n) is 9.27. The predicted octanol–water partition coefficient (Wildman–Crippen LogP) is 2.06. The molecule has 0 spiro atoms. The third-order valence-corrected chi connectivity index (χ3v) is 6.32. The Kier molecular flexibility index (Phi) is 8.20. The van der Waals surface area contributed by atoms with E-state index in [2.05, 4.69) is 4.98 Å². The number of hydrogen-bond acceptors (Lipinski definition) is 6. The van der Waals surface area contributed by atoms with Gasteiger partial charge in [0, 0.05) is 37.5 Å². The number of carboxylic acid groups (broad SMARTS) is 1. The Morgan fingerprint density at radius 1 is 1.40 bits per heavy atom. The molecule has 2 atom stereocenters. The molecular formula is C18H25F3N2O6S. The Bertz CT molecular complexity index is 806. The Hall–Kier alpha value is -1.76. The number of halogens is 3. The number of alkyl halides is 3. The minimum atomic E-state index is -5.08. The topological polar surface area (TPSA) is 106 Å². The first-order chi connectivity index (χ1) is 13.9. The number of pyridine rings is 1. The summed E-state index contributed by atoms with van der Waals surface area (Å²) in [5.74, 6) is -2.76. The van der Waals surface area contributed by atoms with Crippen molar-refractivity contribution in [3.63, 3.8) is 0 Å². The van der Waals surface area contributed by atoms with Gasteiger partial charge in [0.15, 0.2) is 0 Å². The van der Waals surface area contributed by atoms with Gasteiger partial charge < -0.3 is 14.6 Å². The number of aromatic nitrogens is 1. The smallest absolute Gasteiger partial charge is 0.475 e. The molecule has 1 aromatic heterocycles. The minimum absolute atomic E-state index is 0.0895. The first kappa shape index (κ1) is 24.5. The highest BCUT2D eigenvalue weighted by molar-refractivity contribution is 7.88. The first-order valence-corrected chi connectivity index (χ1v) is 11.1. The van der Waals surface area contributed by atoms with Crippen LogP contribution in [0.4, 0.5) is 13.2 Å². The molecule has 0 bridgehead atoms. The zero-order valence-electron chi connectivity index (χ0n) is 16.5. The molecule has 170 valence electrons. The maximum atomic E-state index is 11.9. The van der Waals surface area contributed by atoms with Crippen LogP contribution in [0.15, 0.2) is 24.5 Å². The number of carbonyl (C=O) groups is 1. The lowest BCUT2D eigenvalue weighted by atomic mass is 9.73. The van der Waals surface area contributed by atoms with Gasteiger partial charge in [-0.1, -0.05) is 0 Å². The van der Waals surface area contributed by atoms with E-state index in [0.29, 0.717) is 26.3 Å². The molecule has 2 aliphatic rings. The summed E-state index contributed by atoms with van der Waals surface area (Å²) in [6.45, 7) is 2.82. The number of fused-ring (bicyclic) bond motifs is 1. The molecule has 0 aliphatic carbocycles. The van der Waals surface area contributed by atoms with Crippen molar-refractivity contribution in [1.29, 1.82) is 0 Å². The van der Waals surface area contributed by atoms with E-state index in [9.17, 15) is 21.6 Å². The molecule has 2 fully saturated rings. The van der Waals surface area contributed by atoms with E-state index in [1.54, 1.807) is 16.7 Å². The maximum absolute atomic E-state index is 11.9. The van der Waals surface area contributed by atoms with Crippen molar-refractivity contribution in [3.05, 3.63) is 30.1 Å². The highest BCUT2D eigenvalue weighted by atomic mass is 32.2. The van der Waals surface area contributed by atoms with Gasteiger partial charge in [-0.2, -0.15) is 13.2 Å². The van der Waals surface area contributed by atoms with Crippen LogP contribution in [0.25, 0.3) is 0 Å². The summed E-state index contributed by atoms with van der Waals surface area (Å²) < 4.78 is 69.1. The lowest BCUT2D eigenvalue weighted by molar-refractivity contribution is -0.192. The molecule has 2 aliphatic heterocycles. The Morgan fingerprint density at radius 2 is 2.03 bits per heavy atom. The quantitative estimate of drug-likeness (QED) is 0.726. The minimum Gasteiger partial charge on any atom is -0.475 e. The zero-order chi connectivity index (χ0) is 22.4. The van der Waals surface area contributed by atoms with E-state index in [4.69, 9.17) is 19.4 Å². The number of rotatable bonds is 5. The molecule has 1 N–H and O–H groups in total. The highest BCUT2D eigenvalue weighted by Gasteiger charge is 2.48. The number of hydrogen-bond donors (Lipinski definition) is 1. The van der Waals surface area contributed by atoms with Gasteiger partial charge in [0.1, 0.15) is 0 Å². The molecule has 1 aromatic rings. The van der Waals surface area contributed by atoms with Crippen molar-refractivity contribution in [2.75, 3.05) is 32.6 Å². The van der Waals surface area contributed by atoms with Crippen molar-refractivity contribution >= 4 is 16.0 Å². The van der Waals surface area contributed by atoms with E-state index in [1.165, 1.54) is 6.26 Å². The molecule has 2 unspecified atom stereocenters. The maximum Gasteiger partial charge on any atom is 0.490 e. The molecule has 12 heteroatoms. The summed E-state index contributed by atoms with van der Waals surface area (Å²) in [5, 5.41) is 7.12. The summed E-state index contributed by atoms with van der Waals surface area (Å²) in [5.41, 5.74) is 0.840. The SMILES string of the molecule is CS(=O)(=O)N1CCC2OCCCC2(COCc2ccncc2)C1.O=C(O)C(F)(F)F. The third kappa shape index (κ3) is 6.89. The van der Waals surface area contributed by atoms with Gasteiger partial charge in [0.2, 0.25) is 10.0 Å². The molecule has 3 rings (SSSR count). The van der Waals surface area contributed by atoms with Crippen LogP contribution in [0, 0.1) is 5.41 Å². The van der Waals surface area contributed by atoms with Crippen molar-refractivity contribution in [2.24, 2.45) is 5.41 Å². The van der Waals surface area contributed by atoms with Crippen molar-refractivity contribution in [1.82, 2.24) is 9.29 Å². The second kappa shape index (κ2) is 10.0. The van der Waals surface area contributed by atoms with E-state index < -0.39 is 22.2 Å². The summed E-state index contributed by atoms with van der Waals surface area (Å²) >= 11 is 0. The van der Waals surface area contributed by atoms with Crippen LogP contribution < -0.4 is 0 Å². The Morgan fingerprint density at radius 3 is 2.60 bits per heavy atom. The predicted molar refractivity (Wildman–Crippen MR) is 100 cm³/mol. The molecular weight excluding hydrogens is 429 g/mol. The van der Waals surface area contributed by atoms with Gasteiger partial charge in [-0.15, -0.1) is 0 Å². The fraction of sp³-hybridized carbons (Fsp3) is 0.667. The van der Waals surface area contributed by atoms with Gasteiger partial charge in [0.05, 0.1) is 25.6 Å². The molecule has 30 heavy (non-hydrogen) atoms. The van der Waals surface area contributed by atoms with Gasteiger partial charge in [-0.3, -0.25) is 4.98 Å². The lowest BCUT2D eigenvalue weighted by Gasteiger charge is -2.49. The van der Waals surface area contributed by atoms with Crippen LogP contribution in [0.1, 0.15) is 24.8 Å². The van der Waals surface area contributed by atoms with Gasteiger partial charge in [-0.05, 0) is 37.0 Å². The largest absolute Gasteiger partial charge is 0.490 e. The van der Waals surface area contributed by atoms with E-state index in [-0.39, 0.29) is 11.5 Å². The van der Waals surface area contributed by atoms with Crippen molar-refractivity contribution in [2.45, 2.75) is 38.1 Å². The number of nitrogens with zero attached hydrogens (tertiary/aromatic N) is 2. The van der Waals surface area contributed by atoms with Crippen LogP contribution >= 0.6 is 0 Å². The fourth-order valence-corrected chi connectivity index (χ4v) is 4.52. The third-order valence-electron chi connectivity index (χ3n) is 5.07. The average Bonchev–Trinajstić information content (AvgIpc) is 2.67. The van der Waals surface area contributed by atoms with Crippen LogP contribution in [0.2, 0.25) is 0 Å². The second-order valence-corrected chi connectivity index (χ2v) is 9.34. The van der Waals surface area contributed by atoms with Gasteiger partial charge in [0.25, 0.3) is 0 Å². The molecule has 8 nitrogen and oxygen atoms in total. The number of piperidine rings is 1. The standard InChI is InChI=1S/C16H24N2O4S.C2HF3O2/c1-23(19,20)18-9-5-15-16(12-18,6-2-10-22-15)13-21-11-14-3-7-17-8-4-14;3-2(4,5)1(6)7/h3-4,7-8,15H,2,5-6,9-13H2,1H3;(H,6,7).